The van der Waals surface area contributed by atoms with Gasteiger partial charge in [-0.3, -0.25) is 9.38 Å². The van der Waals surface area contributed by atoms with Crippen LogP contribution in [0, 0.1) is 5.82 Å². The first kappa shape index (κ1) is 12.3. The van der Waals surface area contributed by atoms with Crippen molar-refractivity contribution in [3.63, 3.8) is 0 Å². The van der Waals surface area contributed by atoms with Gasteiger partial charge >= 0.3 is 0 Å². The van der Waals surface area contributed by atoms with Crippen molar-refractivity contribution in [2.45, 2.75) is 18.9 Å². The molecule has 98 valence electrons. The first-order valence-corrected chi connectivity index (χ1v) is 6.74. The first-order valence-electron chi connectivity index (χ1n) is 5.86. The van der Waals surface area contributed by atoms with Gasteiger partial charge in [0.1, 0.15) is 5.82 Å². The molecule has 0 saturated heterocycles. The number of rotatable bonds is 3. The lowest BCUT2D eigenvalue weighted by Crippen LogP contribution is -2.36. The van der Waals surface area contributed by atoms with E-state index in [0.29, 0.717) is 12.1 Å². The number of nitrogens with zero attached hydrogens (tertiary/aromatic N) is 3. The quantitative estimate of drug-likeness (QED) is 0.799. The standard InChI is InChI=1S/C13H13FN4S/c1-13(15,11-3-2-9(14)7-16-11)6-10-8-18-4-5-19-12(18)17-10/h2-5,7-8H,6,15H2,1H3. The maximum atomic E-state index is 12.9. The molecule has 0 bridgehead atoms. The molecule has 0 aliphatic heterocycles. The van der Waals surface area contributed by atoms with Crippen molar-refractivity contribution < 1.29 is 4.39 Å². The van der Waals surface area contributed by atoms with E-state index in [1.807, 2.05) is 29.1 Å². The summed E-state index contributed by atoms with van der Waals surface area (Å²) in [6.07, 6.45) is 5.66. The molecule has 0 radical (unpaired) electrons. The molecular weight excluding hydrogens is 263 g/mol. The summed E-state index contributed by atoms with van der Waals surface area (Å²) < 4.78 is 14.8. The van der Waals surface area contributed by atoms with Crippen LogP contribution in [-0.2, 0) is 12.0 Å². The summed E-state index contributed by atoms with van der Waals surface area (Å²) in [5, 5.41) is 1.98. The molecule has 19 heavy (non-hydrogen) atoms. The van der Waals surface area contributed by atoms with Gasteiger partial charge in [0, 0.05) is 24.2 Å². The molecule has 1 atom stereocenters. The Hall–Kier alpha value is -1.79. The van der Waals surface area contributed by atoms with Gasteiger partial charge in [0.2, 0.25) is 0 Å². The molecule has 0 aromatic carbocycles. The van der Waals surface area contributed by atoms with Crippen molar-refractivity contribution in [2.75, 3.05) is 0 Å². The summed E-state index contributed by atoms with van der Waals surface area (Å²) in [6.45, 7) is 1.88. The molecule has 2 N–H and O–H groups in total. The molecule has 3 aromatic rings. The van der Waals surface area contributed by atoms with Crippen molar-refractivity contribution in [3.05, 3.63) is 53.3 Å². The predicted octanol–water partition coefficient (Wildman–Crippen LogP) is 2.35. The van der Waals surface area contributed by atoms with Crippen LogP contribution in [0.1, 0.15) is 18.3 Å². The molecule has 0 amide bonds. The molecule has 0 aliphatic carbocycles. The van der Waals surface area contributed by atoms with E-state index in [0.717, 1.165) is 10.7 Å². The summed E-state index contributed by atoms with van der Waals surface area (Å²) in [5.41, 5.74) is 7.17. The monoisotopic (exact) mass is 276 g/mol. The van der Waals surface area contributed by atoms with E-state index in [1.165, 1.54) is 12.3 Å². The van der Waals surface area contributed by atoms with E-state index in [2.05, 4.69) is 9.97 Å². The molecule has 6 heteroatoms. The second-order valence-electron chi connectivity index (χ2n) is 4.78. The number of thiazole rings is 1. The molecule has 3 aromatic heterocycles. The lowest BCUT2D eigenvalue weighted by molar-refractivity contribution is 0.468. The third-order valence-corrected chi connectivity index (χ3v) is 3.77. The van der Waals surface area contributed by atoms with Crippen LogP contribution in [0.15, 0.2) is 36.1 Å². The van der Waals surface area contributed by atoms with Gasteiger partial charge in [0.25, 0.3) is 0 Å². The zero-order chi connectivity index (χ0) is 13.5. The highest BCUT2D eigenvalue weighted by Crippen LogP contribution is 2.22. The smallest absolute Gasteiger partial charge is 0.193 e. The average Bonchev–Trinajstić information content (AvgIpc) is 2.89. The molecule has 0 fully saturated rings. The van der Waals surface area contributed by atoms with Gasteiger partial charge in [-0.15, -0.1) is 11.3 Å². The fourth-order valence-electron chi connectivity index (χ4n) is 2.04. The van der Waals surface area contributed by atoms with Crippen LogP contribution in [0.25, 0.3) is 4.96 Å². The fraction of sp³-hybridized carbons (Fsp3) is 0.231. The summed E-state index contributed by atoms with van der Waals surface area (Å²) in [5.74, 6) is -0.359. The third-order valence-electron chi connectivity index (χ3n) is 3.00. The van der Waals surface area contributed by atoms with Crippen LogP contribution in [0.4, 0.5) is 4.39 Å². The number of halogens is 1. The molecule has 0 saturated carbocycles. The Morgan fingerprint density at radius 1 is 1.47 bits per heavy atom. The number of pyridine rings is 1. The molecule has 0 aliphatic rings. The fourth-order valence-corrected chi connectivity index (χ4v) is 2.76. The molecule has 0 spiro atoms. The first-order chi connectivity index (χ1) is 9.04. The minimum atomic E-state index is -0.669. The zero-order valence-corrected chi connectivity index (χ0v) is 11.2. The molecule has 1 unspecified atom stereocenters. The van der Waals surface area contributed by atoms with E-state index in [4.69, 9.17) is 5.73 Å². The van der Waals surface area contributed by atoms with Gasteiger partial charge in [-0.2, -0.15) is 0 Å². The van der Waals surface area contributed by atoms with Gasteiger partial charge in [0.05, 0.1) is 23.1 Å². The summed E-state index contributed by atoms with van der Waals surface area (Å²) >= 11 is 1.58. The third kappa shape index (κ3) is 2.36. The van der Waals surface area contributed by atoms with Crippen molar-refractivity contribution in [1.29, 1.82) is 0 Å². The Morgan fingerprint density at radius 3 is 3.00 bits per heavy atom. The van der Waals surface area contributed by atoms with Crippen molar-refractivity contribution in [1.82, 2.24) is 14.4 Å². The highest BCUT2D eigenvalue weighted by atomic mass is 32.1. The van der Waals surface area contributed by atoms with Gasteiger partial charge in [-0.1, -0.05) is 0 Å². The normalized spacial score (nSPS) is 14.7. The van der Waals surface area contributed by atoms with Crippen LogP contribution in [-0.4, -0.2) is 14.4 Å². The van der Waals surface area contributed by atoms with E-state index >= 15 is 0 Å². The number of hydrogen-bond acceptors (Lipinski definition) is 4. The van der Waals surface area contributed by atoms with Gasteiger partial charge in [-0.25, -0.2) is 9.37 Å². The lowest BCUT2D eigenvalue weighted by Gasteiger charge is -2.22. The topological polar surface area (TPSA) is 56.2 Å². The highest BCUT2D eigenvalue weighted by Gasteiger charge is 2.24. The van der Waals surface area contributed by atoms with Crippen molar-refractivity contribution >= 4 is 16.3 Å². The number of hydrogen-bond donors (Lipinski definition) is 1. The number of imidazole rings is 1. The lowest BCUT2D eigenvalue weighted by atomic mass is 9.93. The predicted molar refractivity (Wildman–Crippen MR) is 72.5 cm³/mol. The Bertz CT molecular complexity index is 670. The summed E-state index contributed by atoms with van der Waals surface area (Å²) in [4.78, 5) is 9.50. The summed E-state index contributed by atoms with van der Waals surface area (Å²) in [7, 11) is 0. The number of fused-ring (bicyclic) bond motifs is 1. The highest BCUT2D eigenvalue weighted by molar-refractivity contribution is 7.15. The molecule has 3 heterocycles. The second kappa shape index (κ2) is 4.40. The SMILES string of the molecule is CC(N)(Cc1cn2ccsc2n1)c1ccc(F)cn1. The molecule has 3 rings (SSSR count). The number of aromatic nitrogens is 3. The summed E-state index contributed by atoms with van der Waals surface area (Å²) in [6, 6.07) is 2.99. The van der Waals surface area contributed by atoms with Crippen molar-refractivity contribution in [2.24, 2.45) is 5.73 Å². The van der Waals surface area contributed by atoms with Crippen LogP contribution >= 0.6 is 11.3 Å². The van der Waals surface area contributed by atoms with E-state index in [9.17, 15) is 4.39 Å². The Labute approximate surface area is 113 Å². The van der Waals surface area contributed by atoms with Gasteiger partial charge < -0.3 is 5.73 Å². The molecular formula is C13H13FN4S. The van der Waals surface area contributed by atoms with E-state index in [1.54, 1.807) is 17.4 Å². The Morgan fingerprint density at radius 2 is 2.32 bits per heavy atom. The second-order valence-corrected chi connectivity index (χ2v) is 5.65. The zero-order valence-electron chi connectivity index (χ0n) is 10.4. The maximum Gasteiger partial charge on any atom is 0.193 e. The van der Waals surface area contributed by atoms with Gasteiger partial charge in [-0.05, 0) is 19.1 Å². The molecule has 4 nitrogen and oxygen atoms in total. The minimum Gasteiger partial charge on any atom is -0.320 e. The average molecular weight is 276 g/mol. The van der Waals surface area contributed by atoms with E-state index in [-0.39, 0.29) is 5.82 Å². The minimum absolute atomic E-state index is 0.359. The van der Waals surface area contributed by atoms with Crippen LogP contribution in [0.5, 0.6) is 0 Å². The van der Waals surface area contributed by atoms with Crippen LogP contribution in [0.2, 0.25) is 0 Å². The van der Waals surface area contributed by atoms with E-state index < -0.39 is 5.54 Å². The Balaban J connectivity index is 1.88. The largest absolute Gasteiger partial charge is 0.320 e. The van der Waals surface area contributed by atoms with Crippen LogP contribution < -0.4 is 5.73 Å². The van der Waals surface area contributed by atoms with Gasteiger partial charge in [0.15, 0.2) is 4.96 Å². The maximum absolute atomic E-state index is 12.9. The Kier molecular flexibility index (Phi) is 2.83. The number of nitrogens with two attached hydrogens (primary N) is 1. The van der Waals surface area contributed by atoms with Crippen molar-refractivity contribution in [3.8, 4) is 0 Å². The van der Waals surface area contributed by atoms with Crippen LogP contribution in [0.3, 0.4) is 0 Å².